The summed E-state index contributed by atoms with van der Waals surface area (Å²) in [7, 11) is 0. The number of anilines is 1. The molecule has 0 unspecified atom stereocenters. The number of ether oxygens (including phenoxy) is 2. The molecule has 1 aromatic heterocycles. The molecule has 0 saturated carbocycles. The molecule has 25 heavy (non-hydrogen) atoms. The van der Waals surface area contributed by atoms with E-state index in [-0.39, 0.29) is 12.0 Å². The van der Waals surface area contributed by atoms with Crippen molar-refractivity contribution in [1.29, 1.82) is 0 Å². The third kappa shape index (κ3) is 4.79. The first kappa shape index (κ1) is 17.4. The van der Waals surface area contributed by atoms with Gasteiger partial charge in [0.25, 0.3) is 5.91 Å². The summed E-state index contributed by atoms with van der Waals surface area (Å²) in [6.45, 7) is 5.73. The van der Waals surface area contributed by atoms with Crippen LogP contribution in [0.25, 0.3) is 0 Å². The summed E-state index contributed by atoms with van der Waals surface area (Å²) in [5.74, 6) is 0.837. The molecule has 1 amide bonds. The zero-order valence-corrected chi connectivity index (χ0v) is 14.7. The number of benzene rings is 1. The summed E-state index contributed by atoms with van der Waals surface area (Å²) in [5, 5.41) is 2.89. The lowest BCUT2D eigenvalue weighted by atomic mass is 10.0. The molecule has 1 aliphatic rings. The third-order valence-corrected chi connectivity index (χ3v) is 4.29. The number of rotatable bonds is 5. The molecule has 132 valence electrons. The third-order valence-electron chi connectivity index (χ3n) is 4.29. The summed E-state index contributed by atoms with van der Waals surface area (Å²) < 4.78 is 11.1. The predicted octanol–water partition coefficient (Wildman–Crippen LogP) is 4.02. The van der Waals surface area contributed by atoms with Gasteiger partial charge in [0.1, 0.15) is 6.10 Å². The molecular weight excluding hydrogens is 316 g/mol. The smallest absolute Gasteiger partial charge is 0.257 e. The van der Waals surface area contributed by atoms with Crippen LogP contribution in [0.2, 0.25) is 0 Å². The van der Waals surface area contributed by atoms with E-state index >= 15 is 0 Å². The van der Waals surface area contributed by atoms with Gasteiger partial charge in [-0.1, -0.05) is 26.0 Å². The van der Waals surface area contributed by atoms with Gasteiger partial charge in [-0.05, 0) is 29.7 Å². The average molecular weight is 340 g/mol. The number of carbonyl (C=O) groups excluding carboxylic acids is 1. The standard InChI is InChI=1S/C20H24N2O3/c1-14(2)15-3-6-17(7-4-15)22-20(23)16-5-8-19(21-13-16)25-18-9-11-24-12-10-18/h3-8,13-14,18H,9-12H2,1-2H3,(H,22,23). The normalized spacial score (nSPS) is 15.2. The van der Waals surface area contributed by atoms with E-state index < -0.39 is 0 Å². The highest BCUT2D eigenvalue weighted by atomic mass is 16.5. The Kier molecular flexibility index (Phi) is 5.66. The highest BCUT2D eigenvalue weighted by Gasteiger charge is 2.16. The van der Waals surface area contributed by atoms with Crippen molar-refractivity contribution in [3.63, 3.8) is 0 Å². The average Bonchev–Trinajstić information content (AvgIpc) is 2.63. The second-order valence-electron chi connectivity index (χ2n) is 6.55. The Bertz CT molecular complexity index is 690. The lowest BCUT2D eigenvalue weighted by Crippen LogP contribution is -2.26. The molecule has 0 bridgehead atoms. The number of amides is 1. The van der Waals surface area contributed by atoms with Gasteiger partial charge in [0, 0.05) is 30.8 Å². The van der Waals surface area contributed by atoms with Crippen LogP contribution in [0.15, 0.2) is 42.6 Å². The van der Waals surface area contributed by atoms with E-state index in [1.165, 1.54) is 5.56 Å². The van der Waals surface area contributed by atoms with Crippen molar-refractivity contribution in [3.05, 3.63) is 53.7 Å². The van der Waals surface area contributed by atoms with Gasteiger partial charge in [0.05, 0.1) is 18.8 Å². The Balaban J connectivity index is 1.58. The first-order valence-corrected chi connectivity index (χ1v) is 8.73. The van der Waals surface area contributed by atoms with E-state index in [4.69, 9.17) is 9.47 Å². The van der Waals surface area contributed by atoms with Gasteiger partial charge in [-0.2, -0.15) is 0 Å². The molecule has 2 heterocycles. The van der Waals surface area contributed by atoms with Gasteiger partial charge in [-0.3, -0.25) is 4.79 Å². The number of nitrogens with one attached hydrogen (secondary N) is 1. The fourth-order valence-electron chi connectivity index (χ4n) is 2.70. The summed E-state index contributed by atoms with van der Waals surface area (Å²) in [6.07, 6.45) is 3.43. The van der Waals surface area contributed by atoms with Crippen molar-refractivity contribution in [2.24, 2.45) is 0 Å². The van der Waals surface area contributed by atoms with Crippen LogP contribution in [0.3, 0.4) is 0 Å². The molecule has 5 nitrogen and oxygen atoms in total. The lowest BCUT2D eigenvalue weighted by molar-refractivity contribution is 0.0237. The second kappa shape index (κ2) is 8.12. The first-order chi connectivity index (χ1) is 12.1. The van der Waals surface area contributed by atoms with Gasteiger partial charge >= 0.3 is 0 Å². The van der Waals surface area contributed by atoms with Crippen molar-refractivity contribution in [1.82, 2.24) is 4.98 Å². The van der Waals surface area contributed by atoms with E-state index in [9.17, 15) is 4.79 Å². The molecule has 1 aliphatic heterocycles. The number of aromatic nitrogens is 1. The van der Waals surface area contributed by atoms with Gasteiger partial charge < -0.3 is 14.8 Å². The largest absolute Gasteiger partial charge is 0.474 e. The van der Waals surface area contributed by atoms with Gasteiger partial charge in [-0.25, -0.2) is 4.98 Å². The highest BCUT2D eigenvalue weighted by molar-refractivity contribution is 6.04. The molecule has 1 saturated heterocycles. The molecule has 3 rings (SSSR count). The topological polar surface area (TPSA) is 60.5 Å². The first-order valence-electron chi connectivity index (χ1n) is 8.73. The van der Waals surface area contributed by atoms with Crippen LogP contribution >= 0.6 is 0 Å². The number of nitrogens with zero attached hydrogens (tertiary/aromatic N) is 1. The minimum absolute atomic E-state index is 0.139. The van der Waals surface area contributed by atoms with E-state index in [0.29, 0.717) is 17.4 Å². The Labute approximate surface area is 148 Å². The fraction of sp³-hybridized carbons (Fsp3) is 0.400. The van der Waals surface area contributed by atoms with Crippen molar-refractivity contribution in [2.75, 3.05) is 18.5 Å². The van der Waals surface area contributed by atoms with Gasteiger partial charge in [0.2, 0.25) is 5.88 Å². The summed E-state index contributed by atoms with van der Waals surface area (Å²) in [4.78, 5) is 16.6. The maximum absolute atomic E-state index is 12.3. The van der Waals surface area contributed by atoms with Crippen LogP contribution in [-0.4, -0.2) is 30.2 Å². The molecule has 1 fully saturated rings. The summed E-state index contributed by atoms with van der Waals surface area (Å²) in [5.41, 5.74) is 2.53. The number of hydrogen-bond acceptors (Lipinski definition) is 4. The maximum atomic E-state index is 12.3. The quantitative estimate of drug-likeness (QED) is 0.893. The van der Waals surface area contributed by atoms with Gasteiger partial charge in [0.15, 0.2) is 0 Å². The maximum Gasteiger partial charge on any atom is 0.257 e. The van der Waals surface area contributed by atoms with Gasteiger partial charge in [-0.15, -0.1) is 0 Å². The molecule has 0 atom stereocenters. The van der Waals surface area contributed by atoms with Crippen LogP contribution in [0.1, 0.15) is 48.5 Å². The molecule has 5 heteroatoms. The molecule has 1 aromatic carbocycles. The number of pyridine rings is 1. The van der Waals surface area contributed by atoms with Crippen molar-refractivity contribution in [2.45, 2.75) is 38.7 Å². The Hall–Kier alpha value is -2.40. The molecule has 1 N–H and O–H groups in total. The second-order valence-corrected chi connectivity index (χ2v) is 6.55. The Morgan fingerprint density at radius 2 is 1.88 bits per heavy atom. The zero-order chi connectivity index (χ0) is 17.6. The highest BCUT2D eigenvalue weighted by Crippen LogP contribution is 2.19. The Morgan fingerprint density at radius 1 is 1.16 bits per heavy atom. The minimum Gasteiger partial charge on any atom is -0.474 e. The zero-order valence-electron chi connectivity index (χ0n) is 14.7. The van der Waals surface area contributed by atoms with Crippen LogP contribution in [0.5, 0.6) is 5.88 Å². The van der Waals surface area contributed by atoms with Crippen LogP contribution in [-0.2, 0) is 4.74 Å². The van der Waals surface area contributed by atoms with Crippen molar-refractivity contribution < 1.29 is 14.3 Å². The number of hydrogen-bond donors (Lipinski definition) is 1. The van der Waals surface area contributed by atoms with E-state index in [0.717, 1.165) is 31.7 Å². The predicted molar refractivity (Wildman–Crippen MR) is 97.2 cm³/mol. The van der Waals surface area contributed by atoms with Crippen LogP contribution < -0.4 is 10.1 Å². The fourth-order valence-corrected chi connectivity index (χ4v) is 2.70. The Morgan fingerprint density at radius 3 is 2.48 bits per heavy atom. The minimum atomic E-state index is -0.178. The van der Waals surface area contributed by atoms with E-state index in [1.807, 2.05) is 24.3 Å². The summed E-state index contributed by atoms with van der Waals surface area (Å²) in [6, 6.07) is 11.4. The van der Waals surface area contributed by atoms with Crippen LogP contribution in [0.4, 0.5) is 5.69 Å². The molecule has 2 aromatic rings. The van der Waals surface area contributed by atoms with Crippen LogP contribution in [0, 0.1) is 0 Å². The van der Waals surface area contributed by atoms with Crippen molar-refractivity contribution >= 4 is 11.6 Å². The SMILES string of the molecule is CC(C)c1ccc(NC(=O)c2ccc(OC3CCOCC3)nc2)cc1. The molecule has 0 radical (unpaired) electrons. The van der Waals surface area contributed by atoms with E-state index in [1.54, 1.807) is 18.3 Å². The lowest BCUT2D eigenvalue weighted by Gasteiger charge is -2.22. The molecular formula is C20H24N2O3. The summed E-state index contributed by atoms with van der Waals surface area (Å²) >= 11 is 0. The van der Waals surface area contributed by atoms with E-state index in [2.05, 4.69) is 24.1 Å². The monoisotopic (exact) mass is 340 g/mol. The number of carbonyl (C=O) groups is 1. The van der Waals surface area contributed by atoms with Crippen molar-refractivity contribution in [3.8, 4) is 5.88 Å². The molecule has 0 aliphatic carbocycles. The molecule has 0 spiro atoms.